The van der Waals surface area contributed by atoms with Gasteiger partial charge in [0.15, 0.2) is 0 Å². The van der Waals surface area contributed by atoms with E-state index >= 15 is 0 Å². The largest absolute Gasteiger partial charge is 0.444 e. The van der Waals surface area contributed by atoms with Gasteiger partial charge >= 0.3 is 0 Å². The van der Waals surface area contributed by atoms with Crippen LogP contribution in [0.1, 0.15) is 12.1 Å². The van der Waals surface area contributed by atoms with Crippen LogP contribution in [0.2, 0.25) is 5.02 Å². The standard InChI is InChI=1S/C16H18ClN3O2.ClH/c1-20(14-6-7-18-9-14)15(21)8-13-10-22-16(19-13)11-2-4-12(17)5-3-11;/h2-5,10,14,18H,6-9H2,1H3;1H. The number of nitrogens with one attached hydrogen (secondary N) is 1. The van der Waals surface area contributed by atoms with Crippen molar-refractivity contribution >= 4 is 29.9 Å². The molecule has 1 aliphatic rings. The molecule has 124 valence electrons. The van der Waals surface area contributed by atoms with Gasteiger partial charge in [-0.05, 0) is 37.2 Å². The number of likely N-dealkylation sites (N-methyl/N-ethyl adjacent to an activating group) is 1. The molecule has 1 aromatic heterocycles. The zero-order valence-corrected chi connectivity index (χ0v) is 14.4. The van der Waals surface area contributed by atoms with E-state index in [0.29, 0.717) is 16.6 Å². The minimum atomic E-state index is 0. The molecule has 5 nitrogen and oxygen atoms in total. The zero-order valence-electron chi connectivity index (χ0n) is 12.8. The SMILES string of the molecule is CN(C(=O)Cc1coc(-c2ccc(Cl)cc2)n1)C1CCNC1.Cl. The third kappa shape index (κ3) is 4.25. The zero-order chi connectivity index (χ0) is 15.5. The summed E-state index contributed by atoms with van der Waals surface area (Å²) in [5.74, 6) is 0.564. The van der Waals surface area contributed by atoms with E-state index in [1.807, 2.05) is 19.2 Å². The molecule has 0 saturated carbocycles. The Morgan fingerprint density at radius 1 is 1.43 bits per heavy atom. The van der Waals surface area contributed by atoms with E-state index in [1.54, 1.807) is 23.3 Å². The van der Waals surface area contributed by atoms with E-state index in [1.165, 1.54) is 0 Å². The van der Waals surface area contributed by atoms with Crippen molar-refractivity contribution in [3.63, 3.8) is 0 Å². The number of nitrogens with zero attached hydrogens (tertiary/aromatic N) is 2. The van der Waals surface area contributed by atoms with Crippen molar-refractivity contribution in [2.45, 2.75) is 18.9 Å². The van der Waals surface area contributed by atoms with Crippen molar-refractivity contribution in [1.82, 2.24) is 15.2 Å². The van der Waals surface area contributed by atoms with Gasteiger partial charge in [-0.15, -0.1) is 12.4 Å². The van der Waals surface area contributed by atoms with Gasteiger partial charge in [0, 0.05) is 30.2 Å². The Hall–Kier alpha value is -1.56. The van der Waals surface area contributed by atoms with E-state index in [0.717, 1.165) is 25.1 Å². The predicted molar refractivity (Wildman–Crippen MR) is 91.9 cm³/mol. The fourth-order valence-electron chi connectivity index (χ4n) is 2.57. The molecule has 0 radical (unpaired) electrons. The molecule has 0 spiro atoms. The number of aromatic nitrogens is 1. The molecule has 1 fully saturated rings. The van der Waals surface area contributed by atoms with Gasteiger partial charge in [-0.3, -0.25) is 4.79 Å². The fraction of sp³-hybridized carbons (Fsp3) is 0.375. The lowest BCUT2D eigenvalue weighted by Gasteiger charge is -2.23. The molecular formula is C16H19Cl2N3O2. The molecule has 2 heterocycles. The Morgan fingerprint density at radius 3 is 2.83 bits per heavy atom. The number of benzene rings is 1. The molecule has 23 heavy (non-hydrogen) atoms. The molecule has 1 aliphatic heterocycles. The number of carbonyl (C=O) groups excluding carboxylic acids is 1. The normalized spacial score (nSPS) is 16.9. The highest BCUT2D eigenvalue weighted by Crippen LogP contribution is 2.21. The van der Waals surface area contributed by atoms with Crippen molar-refractivity contribution in [1.29, 1.82) is 0 Å². The van der Waals surface area contributed by atoms with Gasteiger partial charge in [-0.25, -0.2) is 4.98 Å². The van der Waals surface area contributed by atoms with E-state index in [9.17, 15) is 4.79 Å². The maximum absolute atomic E-state index is 12.3. The maximum Gasteiger partial charge on any atom is 0.228 e. The van der Waals surface area contributed by atoms with Crippen LogP contribution in [-0.4, -0.2) is 42.0 Å². The highest BCUT2D eigenvalue weighted by atomic mass is 35.5. The molecule has 1 unspecified atom stereocenters. The van der Waals surface area contributed by atoms with Crippen LogP contribution in [0.3, 0.4) is 0 Å². The van der Waals surface area contributed by atoms with Crippen LogP contribution in [0.5, 0.6) is 0 Å². The highest BCUT2D eigenvalue weighted by Gasteiger charge is 2.23. The van der Waals surface area contributed by atoms with Crippen LogP contribution >= 0.6 is 24.0 Å². The molecule has 1 N–H and O–H groups in total. The molecule has 0 bridgehead atoms. The lowest BCUT2D eigenvalue weighted by Crippen LogP contribution is -2.39. The quantitative estimate of drug-likeness (QED) is 0.915. The fourth-order valence-corrected chi connectivity index (χ4v) is 2.69. The summed E-state index contributed by atoms with van der Waals surface area (Å²) in [4.78, 5) is 18.5. The molecule has 0 aliphatic carbocycles. The maximum atomic E-state index is 12.3. The number of amides is 1. The molecule has 7 heteroatoms. The Bertz CT molecular complexity index is 652. The second-order valence-electron chi connectivity index (χ2n) is 5.48. The molecule has 1 amide bonds. The lowest BCUT2D eigenvalue weighted by atomic mass is 10.2. The minimum absolute atomic E-state index is 0. The van der Waals surface area contributed by atoms with Crippen molar-refractivity contribution in [3.05, 3.63) is 41.2 Å². The van der Waals surface area contributed by atoms with Crippen LogP contribution in [0.15, 0.2) is 34.9 Å². The second kappa shape index (κ2) is 7.81. The summed E-state index contributed by atoms with van der Waals surface area (Å²) >= 11 is 5.86. The molecule has 1 saturated heterocycles. The molecule has 2 aromatic rings. The Morgan fingerprint density at radius 2 is 2.17 bits per heavy atom. The van der Waals surface area contributed by atoms with Crippen LogP contribution in [0.25, 0.3) is 11.5 Å². The average molecular weight is 356 g/mol. The average Bonchev–Trinajstić information content (AvgIpc) is 3.18. The van der Waals surface area contributed by atoms with Crippen LogP contribution in [-0.2, 0) is 11.2 Å². The molecule has 1 aromatic carbocycles. The van der Waals surface area contributed by atoms with E-state index in [2.05, 4.69) is 10.3 Å². The number of oxazole rings is 1. The summed E-state index contributed by atoms with van der Waals surface area (Å²) in [6, 6.07) is 7.53. The summed E-state index contributed by atoms with van der Waals surface area (Å²) in [7, 11) is 1.85. The Kier molecular flexibility index (Phi) is 6.04. The molecular weight excluding hydrogens is 337 g/mol. The third-order valence-corrected chi connectivity index (χ3v) is 4.20. The minimum Gasteiger partial charge on any atom is -0.444 e. The number of hydrogen-bond acceptors (Lipinski definition) is 4. The Balaban J connectivity index is 0.00000192. The smallest absolute Gasteiger partial charge is 0.228 e. The van der Waals surface area contributed by atoms with E-state index in [4.69, 9.17) is 16.0 Å². The van der Waals surface area contributed by atoms with Gasteiger partial charge in [0.2, 0.25) is 11.8 Å². The van der Waals surface area contributed by atoms with Crippen molar-refractivity contribution < 1.29 is 9.21 Å². The summed E-state index contributed by atoms with van der Waals surface area (Å²) in [6.45, 7) is 1.82. The number of rotatable bonds is 4. The van der Waals surface area contributed by atoms with Gasteiger partial charge in [-0.2, -0.15) is 0 Å². The summed E-state index contributed by atoms with van der Waals surface area (Å²) in [5, 5.41) is 3.93. The molecule has 3 rings (SSSR count). The third-order valence-electron chi connectivity index (χ3n) is 3.95. The van der Waals surface area contributed by atoms with Crippen molar-refractivity contribution in [2.24, 2.45) is 0 Å². The monoisotopic (exact) mass is 355 g/mol. The van der Waals surface area contributed by atoms with E-state index in [-0.39, 0.29) is 30.8 Å². The highest BCUT2D eigenvalue weighted by molar-refractivity contribution is 6.30. The summed E-state index contributed by atoms with van der Waals surface area (Å²) in [5.41, 5.74) is 1.49. The first-order valence-corrected chi connectivity index (χ1v) is 7.68. The van der Waals surface area contributed by atoms with Gasteiger partial charge in [0.1, 0.15) is 6.26 Å². The predicted octanol–water partition coefficient (Wildman–Crippen LogP) is 2.78. The van der Waals surface area contributed by atoms with Crippen molar-refractivity contribution in [3.8, 4) is 11.5 Å². The molecule has 1 atom stereocenters. The summed E-state index contributed by atoms with van der Waals surface area (Å²) in [6.07, 6.45) is 2.80. The van der Waals surface area contributed by atoms with Crippen LogP contribution < -0.4 is 5.32 Å². The first kappa shape index (κ1) is 17.8. The topological polar surface area (TPSA) is 58.4 Å². The van der Waals surface area contributed by atoms with Gasteiger partial charge in [0.25, 0.3) is 0 Å². The van der Waals surface area contributed by atoms with Gasteiger partial charge in [-0.1, -0.05) is 11.6 Å². The van der Waals surface area contributed by atoms with Crippen molar-refractivity contribution in [2.75, 3.05) is 20.1 Å². The number of halogens is 2. The van der Waals surface area contributed by atoms with Gasteiger partial charge < -0.3 is 14.6 Å². The van der Waals surface area contributed by atoms with E-state index < -0.39 is 0 Å². The van der Waals surface area contributed by atoms with Crippen LogP contribution in [0, 0.1) is 0 Å². The van der Waals surface area contributed by atoms with Crippen LogP contribution in [0.4, 0.5) is 0 Å². The van der Waals surface area contributed by atoms with Gasteiger partial charge in [0.05, 0.1) is 12.1 Å². The number of carbonyl (C=O) groups is 1. The Labute approximate surface area is 146 Å². The second-order valence-corrected chi connectivity index (χ2v) is 5.92. The first-order chi connectivity index (χ1) is 10.6. The summed E-state index contributed by atoms with van der Waals surface area (Å²) < 4.78 is 5.46. The lowest BCUT2D eigenvalue weighted by molar-refractivity contribution is -0.130. The number of hydrogen-bond donors (Lipinski definition) is 1. The first-order valence-electron chi connectivity index (χ1n) is 7.30.